The number of imidazole rings is 1. The number of hydrogen-bond donors (Lipinski definition) is 1. The molecule has 3 aromatic rings. The molecule has 1 heterocycles. The molecule has 0 atom stereocenters. The predicted molar refractivity (Wildman–Crippen MR) is 93.9 cm³/mol. The molecule has 2 aromatic carbocycles. The van der Waals surface area contributed by atoms with Crippen molar-refractivity contribution in [3.8, 4) is 28.4 Å². The van der Waals surface area contributed by atoms with E-state index >= 15 is 0 Å². The van der Waals surface area contributed by atoms with Crippen LogP contribution in [0.15, 0.2) is 54.7 Å². The fourth-order valence-electron chi connectivity index (χ4n) is 2.32. The van der Waals surface area contributed by atoms with E-state index in [-0.39, 0.29) is 0 Å². The van der Waals surface area contributed by atoms with Crippen LogP contribution >= 0.6 is 0 Å². The van der Waals surface area contributed by atoms with Crippen LogP contribution in [0.5, 0.6) is 5.75 Å². The van der Waals surface area contributed by atoms with Crippen LogP contribution in [0.4, 0.5) is 5.69 Å². The van der Waals surface area contributed by atoms with Gasteiger partial charge in [-0.3, -0.25) is 0 Å². The molecule has 0 fully saturated rings. The Morgan fingerprint density at radius 3 is 2.54 bits per heavy atom. The molecule has 0 spiro atoms. The Morgan fingerprint density at radius 1 is 1.12 bits per heavy atom. The molecule has 24 heavy (non-hydrogen) atoms. The first-order chi connectivity index (χ1) is 11.5. The van der Waals surface area contributed by atoms with Crippen molar-refractivity contribution >= 4 is 15.7 Å². The third kappa shape index (κ3) is 3.57. The number of H-pyrrole nitrogens is 1. The summed E-state index contributed by atoms with van der Waals surface area (Å²) < 4.78 is 32.1. The molecule has 1 N–H and O–H groups in total. The molecule has 6 nitrogen and oxygen atoms in total. The highest BCUT2D eigenvalue weighted by Crippen LogP contribution is 2.37. The van der Waals surface area contributed by atoms with Crippen molar-refractivity contribution in [1.29, 1.82) is 0 Å². The second-order valence-electron chi connectivity index (χ2n) is 5.22. The average molecular weight is 342 g/mol. The number of benzene rings is 2. The van der Waals surface area contributed by atoms with Gasteiger partial charge in [0.05, 0.1) is 29.0 Å². The minimum absolute atomic E-state index is 0.335. The summed E-state index contributed by atoms with van der Waals surface area (Å²) in [4.78, 5) is 7.57. The van der Waals surface area contributed by atoms with Crippen molar-refractivity contribution in [2.45, 2.75) is 0 Å². The van der Waals surface area contributed by atoms with Crippen LogP contribution < -0.4 is 4.74 Å². The third-order valence-corrected chi connectivity index (χ3v) is 3.91. The van der Waals surface area contributed by atoms with Gasteiger partial charge in [-0.05, 0) is 17.7 Å². The Labute approximate surface area is 140 Å². The van der Waals surface area contributed by atoms with Crippen LogP contribution in [0.2, 0.25) is 0 Å². The Bertz CT molecular complexity index is 950. The zero-order valence-corrected chi connectivity index (χ0v) is 14.0. The molecule has 124 valence electrons. The van der Waals surface area contributed by atoms with E-state index < -0.39 is 10.0 Å². The number of methoxy groups -OCH3 is 1. The van der Waals surface area contributed by atoms with Crippen LogP contribution in [0.1, 0.15) is 0 Å². The smallest absolute Gasteiger partial charge is 0.137 e. The fraction of sp³-hybridized carbons (Fsp3) is 0.118. The van der Waals surface area contributed by atoms with Crippen molar-refractivity contribution < 1.29 is 13.2 Å². The molecule has 0 unspecified atom stereocenters. The SMILES string of the molecule is COc1ccc([N-]S(C)(=O)=O)c(-c2cnc(-c3ccccc3)[nH]2)c1. The number of aromatic amines is 1. The first-order valence-corrected chi connectivity index (χ1v) is 9.03. The highest BCUT2D eigenvalue weighted by atomic mass is 32.2. The Balaban J connectivity index is 2.06. The number of nitrogens with zero attached hydrogens (tertiary/aromatic N) is 2. The van der Waals surface area contributed by atoms with E-state index in [1.165, 1.54) is 0 Å². The van der Waals surface area contributed by atoms with Gasteiger partial charge in [0.25, 0.3) is 0 Å². The van der Waals surface area contributed by atoms with Crippen LogP contribution in [-0.2, 0) is 10.0 Å². The van der Waals surface area contributed by atoms with Gasteiger partial charge in [0.2, 0.25) is 0 Å². The summed E-state index contributed by atoms with van der Waals surface area (Å²) in [6, 6.07) is 14.7. The Morgan fingerprint density at radius 2 is 1.88 bits per heavy atom. The molecule has 3 rings (SSSR count). The second kappa shape index (κ2) is 6.37. The van der Waals surface area contributed by atoms with Crippen LogP contribution in [0, 0.1) is 0 Å². The Hall–Kier alpha value is -2.80. The summed E-state index contributed by atoms with van der Waals surface area (Å²) in [5, 5.41) is 0. The molecule has 0 amide bonds. The molecule has 0 aliphatic carbocycles. The van der Waals surface area contributed by atoms with Crippen LogP contribution in [0.3, 0.4) is 0 Å². The summed E-state index contributed by atoms with van der Waals surface area (Å²) in [5.41, 5.74) is 2.54. The minimum atomic E-state index is -3.52. The Kier molecular flexibility index (Phi) is 4.26. The lowest BCUT2D eigenvalue weighted by molar-refractivity contribution is 0.415. The highest BCUT2D eigenvalue weighted by Gasteiger charge is 2.08. The zero-order chi connectivity index (χ0) is 17.2. The zero-order valence-electron chi connectivity index (χ0n) is 13.2. The normalized spacial score (nSPS) is 11.2. The predicted octanol–water partition coefficient (Wildman–Crippen LogP) is 3.72. The number of aromatic nitrogens is 2. The molecule has 1 aromatic heterocycles. The monoisotopic (exact) mass is 342 g/mol. The highest BCUT2D eigenvalue weighted by molar-refractivity contribution is 7.93. The van der Waals surface area contributed by atoms with E-state index in [9.17, 15) is 8.42 Å². The standard InChI is InChI=1S/C17H16N3O3S/c1-23-13-8-9-15(20-24(2,21)22)14(10-13)16-11-18-17(19-16)12-6-4-3-5-7-12/h3-11H,1-2H3,(H,18,19)/q-1. The summed E-state index contributed by atoms with van der Waals surface area (Å²) >= 11 is 0. The van der Waals surface area contributed by atoms with E-state index in [2.05, 4.69) is 14.7 Å². The van der Waals surface area contributed by atoms with Gasteiger partial charge >= 0.3 is 0 Å². The maximum atomic E-state index is 11.5. The average Bonchev–Trinajstić information content (AvgIpc) is 3.04. The van der Waals surface area contributed by atoms with Gasteiger partial charge in [-0.15, -0.1) is 5.69 Å². The molecule has 7 heteroatoms. The van der Waals surface area contributed by atoms with E-state index in [1.54, 1.807) is 31.5 Å². The van der Waals surface area contributed by atoms with E-state index in [1.807, 2.05) is 30.3 Å². The lowest BCUT2D eigenvalue weighted by Gasteiger charge is -2.22. The first kappa shape index (κ1) is 16.1. The number of rotatable bonds is 5. The molecular formula is C17H16N3O3S-. The largest absolute Gasteiger partial charge is 0.577 e. The van der Waals surface area contributed by atoms with E-state index in [0.717, 1.165) is 11.8 Å². The van der Waals surface area contributed by atoms with Gasteiger partial charge in [0.15, 0.2) is 0 Å². The molecular weight excluding hydrogens is 326 g/mol. The number of nitrogens with one attached hydrogen (secondary N) is 1. The topological polar surface area (TPSA) is 86.2 Å². The quantitative estimate of drug-likeness (QED) is 0.765. The van der Waals surface area contributed by atoms with Gasteiger partial charge in [-0.1, -0.05) is 36.4 Å². The number of sulfonamides is 1. The van der Waals surface area contributed by atoms with Crippen molar-refractivity contribution in [3.05, 3.63) is 59.4 Å². The minimum Gasteiger partial charge on any atom is -0.577 e. The number of hydrogen-bond acceptors (Lipinski definition) is 4. The summed E-state index contributed by atoms with van der Waals surface area (Å²) in [6.07, 6.45) is 2.71. The van der Waals surface area contributed by atoms with Crippen molar-refractivity contribution in [2.75, 3.05) is 13.4 Å². The summed E-state index contributed by atoms with van der Waals surface area (Å²) in [5.74, 6) is 1.30. The third-order valence-electron chi connectivity index (χ3n) is 3.38. The molecule has 0 saturated heterocycles. The molecule has 0 aliphatic rings. The fourth-order valence-corrected chi connectivity index (χ4v) is 2.83. The molecule has 0 radical (unpaired) electrons. The summed E-state index contributed by atoms with van der Waals surface area (Å²) in [7, 11) is -1.97. The van der Waals surface area contributed by atoms with Gasteiger partial charge < -0.3 is 14.4 Å². The van der Waals surface area contributed by atoms with Crippen molar-refractivity contribution in [2.24, 2.45) is 0 Å². The maximum Gasteiger partial charge on any atom is 0.137 e. The van der Waals surface area contributed by atoms with E-state index in [0.29, 0.717) is 28.5 Å². The van der Waals surface area contributed by atoms with Gasteiger partial charge in [0.1, 0.15) is 11.6 Å². The van der Waals surface area contributed by atoms with Crippen molar-refractivity contribution in [3.63, 3.8) is 0 Å². The van der Waals surface area contributed by atoms with Gasteiger partial charge in [-0.2, -0.15) is 0 Å². The van der Waals surface area contributed by atoms with Crippen LogP contribution in [-0.4, -0.2) is 31.8 Å². The molecule has 0 saturated carbocycles. The number of ether oxygens (including phenoxy) is 1. The van der Waals surface area contributed by atoms with Gasteiger partial charge in [0, 0.05) is 11.8 Å². The molecule has 0 aliphatic heterocycles. The van der Waals surface area contributed by atoms with Crippen LogP contribution in [0.25, 0.3) is 27.4 Å². The maximum absolute atomic E-state index is 11.5. The lowest BCUT2D eigenvalue weighted by Crippen LogP contribution is -1.93. The lowest BCUT2D eigenvalue weighted by atomic mass is 10.1. The summed E-state index contributed by atoms with van der Waals surface area (Å²) in [6.45, 7) is 0. The van der Waals surface area contributed by atoms with Crippen molar-refractivity contribution in [1.82, 2.24) is 9.97 Å². The second-order valence-corrected chi connectivity index (χ2v) is 6.87. The van der Waals surface area contributed by atoms with E-state index in [4.69, 9.17) is 4.74 Å². The first-order valence-electron chi connectivity index (χ1n) is 7.18. The van der Waals surface area contributed by atoms with Gasteiger partial charge in [-0.25, -0.2) is 13.4 Å². The molecule has 0 bridgehead atoms.